The maximum atomic E-state index is 13.0. The lowest BCUT2D eigenvalue weighted by molar-refractivity contribution is -0.141. The molecule has 2 amide bonds. The Morgan fingerprint density at radius 3 is 2.39 bits per heavy atom. The molecule has 1 N–H and O–H groups in total. The van der Waals surface area contributed by atoms with Gasteiger partial charge < -0.3 is 15.0 Å². The molecule has 0 saturated carbocycles. The molecule has 0 aliphatic heterocycles. The van der Waals surface area contributed by atoms with Crippen molar-refractivity contribution in [3.8, 4) is 0 Å². The van der Waals surface area contributed by atoms with Crippen LogP contribution < -0.4 is 5.32 Å². The van der Waals surface area contributed by atoms with Crippen LogP contribution in [0.1, 0.15) is 36.9 Å². The van der Waals surface area contributed by atoms with Crippen LogP contribution in [0.5, 0.6) is 0 Å². The zero-order chi connectivity index (χ0) is 20.4. The summed E-state index contributed by atoms with van der Waals surface area (Å²) in [5.74, 6) is -0.283. The normalized spacial score (nSPS) is 11.7. The predicted molar refractivity (Wildman–Crippen MR) is 111 cm³/mol. The van der Waals surface area contributed by atoms with Gasteiger partial charge in [0.1, 0.15) is 6.04 Å². The molecular formula is C22H27ClN2O3. The lowest BCUT2D eigenvalue weighted by Crippen LogP contribution is -2.44. The SMILES string of the molecule is CCCC(=O)N(Cc1ccc(Cl)cc1)C(C(=O)NCCOC)c1ccccc1. The van der Waals surface area contributed by atoms with Gasteiger partial charge in [0.2, 0.25) is 11.8 Å². The molecule has 2 rings (SSSR count). The van der Waals surface area contributed by atoms with E-state index in [1.807, 2.05) is 49.4 Å². The largest absolute Gasteiger partial charge is 0.383 e. The molecule has 1 atom stereocenters. The van der Waals surface area contributed by atoms with E-state index in [2.05, 4.69) is 5.32 Å². The van der Waals surface area contributed by atoms with E-state index in [1.54, 1.807) is 24.1 Å². The minimum absolute atomic E-state index is 0.0619. The van der Waals surface area contributed by atoms with E-state index in [0.29, 0.717) is 37.6 Å². The van der Waals surface area contributed by atoms with Gasteiger partial charge in [-0.25, -0.2) is 0 Å². The third kappa shape index (κ3) is 6.36. The molecule has 28 heavy (non-hydrogen) atoms. The third-order valence-corrected chi connectivity index (χ3v) is 4.58. The molecule has 0 fully saturated rings. The number of methoxy groups -OCH3 is 1. The fourth-order valence-corrected chi connectivity index (χ4v) is 3.07. The summed E-state index contributed by atoms with van der Waals surface area (Å²) in [5, 5.41) is 3.51. The lowest BCUT2D eigenvalue weighted by Gasteiger charge is -2.31. The number of nitrogens with zero attached hydrogens (tertiary/aromatic N) is 1. The molecule has 6 heteroatoms. The number of carbonyl (C=O) groups excluding carboxylic acids is 2. The van der Waals surface area contributed by atoms with Crippen LogP contribution in [-0.4, -0.2) is 37.0 Å². The van der Waals surface area contributed by atoms with Crippen molar-refractivity contribution in [3.63, 3.8) is 0 Å². The molecule has 0 aliphatic carbocycles. The van der Waals surface area contributed by atoms with Crippen LogP contribution in [0.2, 0.25) is 5.02 Å². The van der Waals surface area contributed by atoms with Gasteiger partial charge in [-0.3, -0.25) is 9.59 Å². The van der Waals surface area contributed by atoms with E-state index in [4.69, 9.17) is 16.3 Å². The van der Waals surface area contributed by atoms with E-state index in [0.717, 1.165) is 11.1 Å². The fraction of sp³-hybridized carbons (Fsp3) is 0.364. The van der Waals surface area contributed by atoms with Gasteiger partial charge in [-0.05, 0) is 29.7 Å². The summed E-state index contributed by atoms with van der Waals surface area (Å²) in [6.07, 6.45) is 1.09. The minimum Gasteiger partial charge on any atom is -0.383 e. The number of nitrogens with one attached hydrogen (secondary N) is 1. The monoisotopic (exact) mass is 402 g/mol. The molecule has 0 saturated heterocycles. The van der Waals surface area contributed by atoms with Gasteiger partial charge in [0.05, 0.1) is 6.61 Å². The first-order valence-electron chi connectivity index (χ1n) is 9.42. The van der Waals surface area contributed by atoms with Crippen molar-refractivity contribution in [2.75, 3.05) is 20.3 Å². The van der Waals surface area contributed by atoms with Gasteiger partial charge in [-0.1, -0.05) is 61.0 Å². The number of ether oxygens (including phenoxy) is 1. The van der Waals surface area contributed by atoms with Crippen LogP contribution in [0.4, 0.5) is 0 Å². The number of carbonyl (C=O) groups is 2. The molecule has 5 nitrogen and oxygen atoms in total. The van der Waals surface area contributed by atoms with Crippen molar-refractivity contribution in [2.24, 2.45) is 0 Å². The highest BCUT2D eigenvalue weighted by molar-refractivity contribution is 6.30. The molecule has 0 spiro atoms. The molecular weight excluding hydrogens is 376 g/mol. The summed E-state index contributed by atoms with van der Waals surface area (Å²) in [6.45, 7) is 3.07. The summed E-state index contributed by atoms with van der Waals surface area (Å²) in [7, 11) is 1.58. The molecule has 2 aromatic rings. The topological polar surface area (TPSA) is 58.6 Å². The summed E-state index contributed by atoms with van der Waals surface area (Å²) < 4.78 is 5.02. The Labute approximate surface area is 171 Å². The Morgan fingerprint density at radius 2 is 1.79 bits per heavy atom. The van der Waals surface area contributed by atoms with E-state index in [1.165, 1.54) is 0 Å². The fourth-order valence-electron chi connectivity index (χ4n) is 2.95. The maximum Gasteiger partial charge on any atom is 0.247 e. The highest BCUT2D eigenvalue weighted by atomic mass is 35.5. The smallest absolute Gasteiger partial charge is 0.247 e. The van der Waals surface area contributed by atoms with Gasteiger partial charge in [0, 0.05) is 31.6 Å². The number of rotatable bonds is 10. The second kappa shape index (κ2) is 11.5. The molecule has 0 aromatic heterocycles. The number of halogens is 1. The summed E-state index contributed by atoms with van der Waals surface area (Å²) in [5.41, 5.74) is 1.69. The highest BCUT2D eigenvalue weighted by Gasteiger charge is 2.30. The maximum absolute atomic E-state index is 13.0. The molecule has 0 heterocycles. The number of benzene rings is 2. The summed E-state index contributed by atoms with van der Waals surface area (Å²) in [4.78, 5) is 27.6. The molecule has 0 radical (unpaired) electrons. The Morgan fingerprint density at radius 1 is 1.11 bits per heavy atom. The van der Waals surface area contributed by atoms with Crippen LogP contribution in [0.25, 0.3) is 0 Å². The van der Waals surface area contributed by atoms with Crippen LogP contribution in [0.3, 0.4) is 0 Å². The zero-order valence-corrected chi connectivity index (χ0v) is 17.1. The second-order valence-electron chi connectivity index (χ2n) is 6.50. The van der Waals surface area contributed by atoms with Crippen LogP contribution >= 0.6 is 11.6 Å². The third-order valence-electron chi connectivity index (χ3n) is 4.33. The van der Waals surface area contributed by atoms with E-state index in [9.17, 15) is 9.59 Å². The van der Waals surface area contributed by atoms with Crippen molar-refractivity contribution in [3.05, 3.63) is 70.7 Å². The van der Waals surface area contributed by atoms with Gasteiger partial charge >= 0.3 is 0 Å². The highest BCUT2D eigenvalue weighted by Crippen LogP contribution is 2.25. The predicted octanol–water partition coefficient (Wildman–Crippen LogP) is 3.97. The Hall–Kier alpha value is -2.37. The van der Waals surface area contributed by atoms with E-state index in [-0.39, 0.29) is 11.8 Å². The van der Waals surface area contributed by atoms with Crippen LogP contribution in [-0.2, 0) is 20.9 Å². The quantitative estimate of drug-likeness (QED) is 0.611. The number of amides is 2. The minimum atomic E-state index is -0.715. The Kier molecular flexibility index (Phi) is 8.98. The van der Waals surface area contributed by atoms with Gasteiger partial charge in [0.15, 0.2) is 0 Å². The Bertz CT molecular complexity index is 750. The van der Waals surface area contributed by atoms with Gasteiger partial charge in [-0.2, -0.15) is 0 Å². The molecule has 2 aromatic carbocycles. The van der Waals surface area contributed by atoms with Crippen LogP contribution in [0.15, 0.2) is 54.6 Å². The van der Waals surface area contributed by atoms with Crippen molar-refractivity contribution < 1.29 is 14.3 Å². The standard InChI is InChI=1S/C22H27ClN2O3/c1-3-7-20(26)25(16-17-10-12-19(23)13-11-17)21(18-8-5-4-6-9-18)22(27)24-14-15-28-2/h4-6,8-13,21H,3,7,14-16H2,1-2H3,(H,24,27). The van der Waals surface area contributed by atoms with Gasteiger partial charge in [-0.15, -0.1) is 0 Å². The first kappa shape index (κ1) is 21.9. The summed E-state index contributed by atoms with van der Waals surface area (Å²) in [6, 6.07) is 16.0. The first-order chi connectivity index (χ1) is 13.6. The zero-order valence-electron chi connectivity index (χ0n) is 16.4. The summed E-state index contributed by atoms with van der Waals surface area (Å²) >= 11 is 5.98. The van der Waals surface area contributed by atoms with Crippen molar-refractivity contribution in [2.45, 2.75) is 32.4 Å². The van der Waals surface area contributed by atoms with Crippen molar-refractivity contribution >= 4 is 23.4 Å². The molecule has 1 unspecified atom stereocenters. The van der Waals surface area contributed by atoms with Crippen molar-refractivity contribution in [1.29, 1.82) is 0 Å². The van der Waals surface area contributed by atoms with E-state index < -0.39 is 6.04 Å². The van der Waals surface area contributed by atoms with Crippen LogP contribution in [0, 0.1) is 0 Å². The Balaban J connectivity index is 2.36. The average molecular weight is 403 g/mol. The lowest BCUT2D eigenvalue weighted by atomic mass is 10.0. The van der Waals surface area contributed by atoms with E-state index >= 15 is 0 Å². The molecule has 150 valence electrons. The number of hydrogen-bond acceptors (Lipinski definition) is 3. The molecule has 0 bridgehead atoms. The van der Waals surface area contributed by atoms with Gasteiger partial charge in [0.25, 0.3) is 0 Å². The van der Waals surface area contributed by atoms with Crippen molar-refractivity contribution in [1.82, 2.24) is 10.2 Å². The second-order valence-corrected chi connectivity index (χ2v) is 6.93. The first-order valence-corrected chi connectivity index (χ1v) is 9.80. The average Bonchev–Trinajstić information content (AvgIpc) is 2.70. The molecule has 0 aliphatic rings. The number of hydrogen-bond donors (Lipinski definition) is 1.